The van der Waals surface area contributed by atoms with Gasteiger partial charge in [-0.3, -0.25) is 0 Å². The lowest BCUT2D eigenvalue weighted by Gasteiger charge is -1.89. The van der Waals surface area contributed by atoms with Crippen LogP contribution in [0.25, 0.3) is 0 Å². The van der Waals surface area contributed by atoms with Crippen molar-refractivity contribution in [1.29, 1.82) is 0 Å². The van der Waals surface area contributed by atoms with Gasteiger partial charge in [-0.15, -0.1) is 0 Å². The molecule has 38 valence electrons. The monoisotopic (exact) mass is 90.1 g/mol. The Morgan fingerprint density at radius 3 is 2.50 bits per heavy atom. The zero-order chi connectivity index (χ0) is 4.83. The molecule has 0 unspecified atom stereocenters. The van der Waals surface area contributed by atoms with Gasteiger partial charge in [-0.05, 0) is 0 Å². The summed E-state index contributed by atoms with van der Waals surface area (Å²) in [5.41, 5.74) is 0. The fourth-order valence-electron chi connectivity index (χ4n) is 0.236. The van der Waals surface area contributed by atoms with Crippen LogP contribution in [0.5, 0.6) is 0 Å². The van der Waals surface area contributed by atoms with E-state index in [9.17, 15) is 0 Å². The molecule has 0 amide bonds. The van der Waals surface area contributed by atoms with Crippen molar-refractivity contribution in [3.05, 3.63) is 0 Å². The molecule has 0 spiro atoms. The van der Waals surface area contributed by atoms with E-state index in [1.807, 2.05) is 7.05 Å². The fraction of sp³-hybridized carbons (Fsp3) is 1.00. The van der Waals surface area contributed by atoms with Gasteiger partial charge in [-0.1, -0.05) is 0 Å². The van der Waals surface area contributed by atoms with Crippen LogP contribution in [-0.2, 0) is 4.74 Å². The van der Waals surface area contributed by atoms with Crippen molar-refractivity contribution in [2.24, 2.45) is 0 Å². The van der Waals surface area contributed by atoms with Gasteiger partial charge in [0.25, 0.3) is 0 Å². The summed E-state index contributed by atoms with van der Waals surface area (Å²) in [6, 6.07) is 0. The van der Waals surface area contributed by atoms with E-state index in [0.29, 0.717) is 0 Å². The van der Waals surface area contributed by atoms with Gasteiger partial charge in [0.05, 0.1) is 20.2 Å². The molecule has 2 nitrogen and oxygen atoms in total. The standard InChI is InChI=1S/C4H11NO/c1-5-3-4-6-2/h5H,3-4H2,1-2H3/p+1. The first-order chi connectivity index (χ1) is 2.91. The normalized spacial score (nSPS) is 9.00. The highest BCUT2D eigenvalue weighted by molar-refractivity contribution is 4.12. The van der Waals surface area contributed by atoms with E-state index in [4.69, 9.17) is 4.74 Å². The van der Waals surface area contributed by atoms with Crippen LogP contribution in [0.15, 0.2) is 0 Å². The zero-order valence-corrected chi connectivity index (χ0v) is 4.40. The quantitative estimate of drug-likeness (QED) is 0.434. The third-order valence-electron chi connectivity index (χ3n) is 0.611. The number of quaternary nitrogens is 1. The molecule has 2 N–H and O–H groups in total. The molecule has 0 fully saturated rings. The molecular weight excluding hydrogens is 78.0 g/mol. The molecule has 2 heteroatoms. The number of methoxy groups -OCH3 is 1. The van der Waals surface area contributed by atoms with Crippen LogP contribution >= 0.6 is 0 Å². The molecule has 0 rings (SSSR count). The van der Waals surface area contributed by atoms with Crippen LogP contribution in [0, 0.1) is 0 Å². The Hall–Kier alpha value is -0.0800. The smallest absolute Gasteiger partial charge is 0.0990 e. The van der Waals surface area contributed by atoms with E-state index in [-0.39, 0.29) is 0 Å². The number of ether oxygens (including phenoxy) is 1. The number of hydrogen-bond acceptors (Lipinski definition) is 1. The molecule has 0 aromatic heterocycles. The molecule has 0 bridgehead atoms. The van der Waals surface area contributed by atoms with Crippen LogP contribution < -0.4 is 5.32 Å². The minimum absolute atomic E-state index is 0.858. The van der Waals surface area contributed by atoms with Crippen molar-refractivity contribution >= 4 is 0 Å². The van der Waals surface area contributed by atoms with Gasteiger partial charge in [0.1, 0.15) is 0 Å². The summed E-state index contributed by atoms with van der Waals surface area (Å²) in [6.45, 7) is 1.92. The topological polar surface area (TPSA) is 25.8 Å². The van der Waals surface area contributed by atoms with Gasteiger partial charge in [-0.2, -0.15) is 0 Å². The molecule has 0 aromatic rings. The zero-order valence-electron chi connectivity index (χ0n) is 4.40. The van der Waals surface area contributed by atoms with Gasteiger partial charge in [0.15, 0.2) is 0 Å². The SMILES string of the molecule is C[NH2+]CCOC. The van der Waals surface area contributed by atoms with E-state index >= 15 is 0 Å². The first-order valence-corrected chi connectivity index (χ1v) is 2.18. The van der Waals surface area contributed by atoms with Gasteiger partial charge in [0, 0.05) is 7.11 Å². The summed E-state index contributed by atoms with van der Waals surface area (Å²) in [7, 11) is 3.74. The summed E-state index contributed by atoms with van der Waals surface area (Å²) in [4.78, 5) is 0. The van der Waals surface area contributed by atoms with Crippen molar-refractivity contribution in [3.8, 4) is 0 Å². The highest BCUT2D eigenvalue weighted by Crippen LogP contribution is 1.52. The molecular formula is C4H12NO+. The van der Waals surface area contributed by atoms with Crippen molar-refractivity contribution in [2.45, 2.75) is 0 Å². The minimum Gasteiger partial charge on any atom is -0.379 e. The summed E-state index contributed by atoms with van der Waals surface area (Å²) in [6.07, 6.45) is 0. The number of nitrogens with two attached hydrogens (primary N) is 1. The van der Waals surface area contributed by atoms with Crippen LogP contribution in [-0.4, -0.2) is 27.3 Å². The molecule has 0 atom stereocenters. The third-order valence-corrected chi connectivity index (χ3v) is 0.611. The molecule has 0 aromatic carbocycles. The van der Waals surface area contributed by atoms with Gasteiger partial charge >= 0.3 is 0 Å². The molecule has 6 heavy (non-hydrogen) atoms. The van der Waals surface area contributed by atoms with Crippen LogP contribution in [0.1, 0.15) is 0 Å². The lowest BCUT2D eigenvalue weighted by molar-refractivity contribution is -0.628. The Labute approximate surface area is 38.5 Å². The largest absolute Gasteiger partial charge is 0.379 e. The highest BCUT2D eigenvalue weighted by atomic mass is 16.5. The summed E-state index contributed by atoms with van der Waals surface area (Å²) in [5.74, 6) is 0. The second kappa shape index (κ2) is 4.92. The predicted octanol–water partition coefficient (Wildman–Crippen LogP) is -1.17. The Kier molecular flexibility index (Phi) is 4.85. The Balaban J connectivity index is 2.34. The predicted molar refractivity (Wildman–Crippen MR) is 24.6 cm³/mol. The maximum absolute atomic E-state index is 4.75. The summed E-state index contributed by atoms with van der Waals surface area (Å²) < 4.78 is 4.75. The van der Waals surface area contributed by atoms with E-state index in [2.05, 4.69) is 5.32 Å². The van der Waals surface area contributed by atoms with Gasteiger partial charge < -0.3 is 10.1 Å². The Bertz CT molecular complexity index is 19.5. The summed E-state index contributed by atoms with van der Waals surface area (Å²) >= 11 is 0. The van der Waals surface area contributed by atoms with E-state index in [0.717, 1.165) is 13.2 Å². The number of likely N-dealkylation sites (N-methyl/N-ethyl adjacent to an activating group) is 1. The molecule has 0 aliphatic rings. The number of rotatable bonds is 3. The molecule has 0 heterocycles. The van der Waals surface area contributed by atoms with Gasteiger partial charge in [0.2, 0.25) is 0 Å². The van der Waals surface area contributed by atoms with E-state index in [1.165, 1.54) is 0 Å². The maximum atomic E-state index is 4.75. The minimum atomic E-state index is 0.858. The van der Waals surface area contributed by atoms with Crippen LogP contribution in [0.2, 0.25) is 0 Å². The van der Waals surface area contributed by atoms with Crippen LogP contribution in [0.4, 0.5) is 0 Å². The highest BCUT2D eigenvalue weighted by Gasteiger charge is 1.75. The third kappa shape index (κ3) is 3.92. The van der Waals surface area contributed by atoms with Crippen molar-refractivity contribution in [2.75, 3.05) is 27.3 Å². The second-order valence-corrected chi connectivity index (χ2v) is 1.19. The van der Waals surface area contributed by atoms with E-state index in [1.54, 1.807) is 7.11 Å². The second-order valence-electron chi connectivity index (χ2n) is 1.19. The van der Waals surface area contributed by atoms with Crippen molar-refractivity contribution < 1.29 is 10.1 Å². The number of hydrogen-bond donors (Lipinski definition) is 1. The van der Waals surface area contributed by atoms with Crippen LogP contribution in [0.3, 0.4) is 0 Å². The molecule has 0 aliphatic heterocycles. The van der Waals surface area contributed by atoms with Crippen molar-refractivity contribution in [3.63, 3.8) is 0 Å². The van der Waals surface area contributed by atoms with Gasteiger partial charge in [-0.25, -0.2) is 0 Å². The average Bonchev–Trinajstić information content (AvgIpc) is 1.61. The first-order valence-electron chi connectivity index (χ1n) is 2.18. The molecule has 0 saturated heterocycles. The summed E-state index contributed by atoms with van der Waals surface area (Å²) in [5, 5.41) is 2.09. The first kappa shape index (κ1) is 5.92. The fourth-order valence-corrected chi connectivity index (χ4v) is 0.236. The lowest BCUT2D eigenvalue weighted by Crippen LogP contribution is -2.80. The maximum Gasteiger partial charge on any atom is 0.0990 e. The Morgan fingerprint density at radius 1 is 1.67 bits per heavy atom. The molecule has 0 aliphatic carbocycles. The van der Waals surface area contributed by atoms with Crippen molar-refractivity contribution in [1.82, 2.24) is 0 Å². The van der Waals surface area contributed by atoms with E-state index < -0.39 is 0 Å². The molecule has 0 radical (unpaired) electrons. The lowest BCUT2D eigenvalue weighted by atomic mass is 10.7. The average molecular weight is 90.1 g/mol. The molecule has 0 saturated carbocycles. The Morgan fingerprint density at radius 2 is 2.33 bits per heavy atom.